The van der Waals surface area contributed by atoms with Crippen molar-refractivity contribution in [3.8, 4) is 57.1 Å². The lowest BCUT2D eigenvalue weighted by atomic mass is 9.96. The molecule has 418 valence electrons. The Kier molecular flexibility index (Phi) is 11.8. The van der Waals surface area contributed by atoms with Gasteiger partial charge in [-0.05, 0) is 227 Å². The van der Waals surface area contributed by atoms with Crippen molar-refractivity contribution in [1.82, 2.24) is 28.2 Å². The van der Waals surface area contributed by atoms with Crippen LogP contribution in [0.5, 0.6) is 0 Å². The Morgan fingerprint density at radius 2 is 0.648 bits per heavy atom. The quantitative estimate of drug-likeness (QED) is 0.151. The van der Waals surface area contributed by atoms with E-state index in [0.29, 0.717) is 17.5 Å². The van der Waals surface area contributed by atoms with Crippen LogP contribution in [0.2, 0.25) is 0 Å². The molecular weight excluding hydrogens is 1070 g/mol. The second-order valence-electron chi connectivity index (χ2n) is 24.3. The lowest BCUT2D eigenvalue weighted by molar-refractivity contribution is 1.12. The van der Waals surface area contributed by atoms with Crippen molar-refractivity contribution in [2.75, 3.05) is 0 Å². The van der Waals surface area contributed by atoms with Crippen LogP contribution in [0, 0.1) is 71.1 Å². The van der Waals surface area contributed by atoms with Gasteiger partial charge in [-0.3, -0.25) is 9.97 Å². The Balaban J connectivity index is 0.857. The third kappa shape index (κ3) is 8.10. The molecule has 6 aromatic heterocycles. The lowest BCUT2D eigenvalue weighted by Crippen LogP contribution is -2.04. The first kappa shape index (κ1) is 52.3. The zero-order valence-corrected chi connectivity index (χ0v) is 50.0. The third-order valence-corrected chi connectivity index (χ3v) is 18.3. The molecule has 0 N–H and O–H groups in total. The highest BCUT2D eigenvalue weighted by Crippen LogP contribution is 2.45. The summed E-state index contributed by atoms with van der Waals surface area (Å²) in [5.41, 5.74) is 27.8. The van der Waals surface area contributed by atoms with Crippen LogP contribution in [0.1, 0.15) is 61.2 Å². The number of pyridine rings is 2. The van der Waals surface area contributed by atoms with Crippen LogP contribution in [0.4, 0.5) is 0 Å². The standard InChI is InChI=1S/C80H58N8/c1-46-11-18-69-64(30-46)65-31-47(2)12-19-70(65)85(69)73-42-62(54-22-26-83-27-23-54)79(40-57(73)44-81)86-71-20-13-48(3)32-66(71)67-38-53(14-21-72(67)86)37-56-39-68-61-17-10-51(6)35-77(61)87(78(68)36-52(56)7)74-43-63(55-24-28-84-29-25-55)80(41-58(74)45-82)88-75-33-49(4)8-15-59(75)60-16-9-50(5)34-76(60)88/h8-36,38-43H,37H2,1-7H3. The molecule has 0 bridgehead atoms. The first-order chi connectivity index (χ1) is 42.9. The summed E-state index contributed by atoms with van der Waals surface area (Å²) in [6.45, 7) is 15.1. The van der Waals surface area contributed by atoms with Gasteiger partial charge in [-0.15, -0.1) is 0 Å². The molecule has 0 saturated carbocycles. The molecule has 0 amide bonds. The van der Waals surface area contributed by atoms with E-state index >= 15 is 0 Å². The van der Waals surface area contributed by atoms with Gasteiger partial charge in [0.2, 0.25) is 0 Å². The van der Waals surface area contributed by atoms with Crippen LogP contribution >= 0.6 is 0 Å². The molecule has 6 heterocycles. The molecule has 0 aliphatic heterocycles. The lowest BCUT2D eigenvalue weighted by Gasteiger charge is -2.19. The van der Waals surface area contributed by atoms with Gasteiger partial charge in [0.15, 0.2) is 0 Å². The van der Waals surface area contributed by atoms with Crippen LogP contribution in [0.25, 0.3) is 132 Å². The van der Waals surface area contributed by atoms with E-state index in [-0.39, 0.29) is 0 Å². The topological polar surface area (TPSA) is 93.1 Å². The summed E-state index contributed by atoms with van der Waals surface area (Å²) >= 11 is 0. The molecule has 8 heteroatoms. The van der Waals surface area contributed by atoms with Crippen LogP contribution in [-0.4, -0.2) is 28.2 Å². The van der Waals surface area contributed by atoms with Gasteiger partial charge in [0.1, 0.15) is 12.1 Å². The van der Waals surface area contributed by atoms with Crippen LogP contribution in [-0.2, 0) is 6.42 Å². The predicted octanol–water partition coefficient (Wildman–Crippen LogP) is 19.7. The van der Waals surface area contributed by atoms with E-state index in [2.05, 4.69) is 277 Å². The van der Waals surface area contributed by atoms with E-state index in [1.54, 1.807) is 0 Å². The molecule has 88 heavy (non-hydrogen) atoms. The molecule has 0 aliphatic rings. The van der Waals surface area contributed by atoms with Crippen molar-refractivity contribution in [3.05, 3.63) is 274 Å². The average Bonchev–Trinajstić information content (AvgIpc) is 1.60. The average molecular weight is 1130 g/mol. The van der Waals surface area contributed by atoms with Crippen molar-refractivity contribution in [2.45, 2.75) is 54.9 Å². The summed E-state index contributed by atoms with van der Waals surface area (Å²) in [6, 6.07) is 73.8. The Bertz CT molecular complexity index is 5640. The minimum atomic E-state index is 0.577. The number of aryl methyl sites for hydroxylation is 7. The number of rotatable bonds is 8. The van der Waals surface area contributed by atoms with Crippen LogP contribution < -0.4 is 0 Å². The maximum absolute atomic E-state index is 11.4. The molecule has 0 unspecified atom stereocenters. The van der Waals surface area contributed by atoms with Crippen LogP contribution in [0.3, 0.4) is 0 Å². The molecule has 0 spiro atoms. The summed E-state index contributed by atoms with van der Waals surface area (Å²) in [6.07, 6.45) is 8.09. The smallest absolute Gasteiger partial charge is 0.101 e. The summed E-state index contributed by atoms with van der Waals surface area (Å²) in [5, 5.41) is 31.9. The highest BCUT2D eigenvalue weighted by molar-refractivity contribution is 6.14. The zero-order chi connectivity index (χ0) is 59.8. The summed E-state index contributed by atoms with van der Waals surface area (Å²) in [7, 11) is 0. The molecule has 0 saturated heterocycles. The van der Waals surface area contributed by atoms with Crippen molar-refractivity contribution in [2.24, 2.45) is 0 Å². The number of nitriles is 2. The Morgan fingerprint density at radius 1 is 0.307 bits per heavy atom. The summed E-state index contributed by atoms with van der Waals surface area (Å²) in [4.78, 5) is 8.89. The van der Waals surface area contributed by atoms with Crippen molar-refractivity contribution < 1.29 is 0 Å². The first-order valence-electron chi connectivity index (χ1n) is 30.0. The molecule has 10 aromatic carbocycles. The SMILES string of the molecule is Cc1ccc2c(c1)c1cc(C)ccc1n2-c1cc(-c2ccncc2)c(-n2c3ccc(C)cc3c3cc(Cc4cc5c6ccc(C)cc6n(-c6cc(-c7ccncc7)c(-n7c8cc(C)ccc8c8ccc(C)cc87)cc6C#N)c5cc4C)ccc32)cc1C#N. The van der Waals surface area contributed by atoms with E-state index < -0.39 is 0 Å². The number of hydrogen-bond donors (Lipinski definition) is 0. The Hall–Kier alpha value is -11.3. The minimum absolute atomic E-state index is 0.577. The van der Waals surface area contributed by atoms with E-state index in [1.165, 1.54) is 49.7 Å². The molecule has 0 radical (unpaired) electrons. The highest BCUT2D eigenvalue weighted by Gasteiger charge is 2.26. The van der Waals surface area contributed by atoms with E-state index in [0.717, 1.165) is 133 Å². The van der Waals surface area contributed by atoms with Gasteiger partial charge in [0.25, 0.3) is 0 Å². The molecule has 8 nitrogen and oxygen atoms in total. The zero-order valence-electron chi connectivity index (χ0n) is 50.0. The predicted molar refractivity (Wildman–Crippen MR) is 362 cm³/mol. The van der Waals surface area contributed by atoms with Gasteiger partial charge in [-0.2, -0.15) is 10.5 Å². The Labute approximate surface area is 509 Å². The van der Waals surface area contributed by atoms with E-state index in [4.69, 9.17) is 0 Å². The number of nitrogens with zero attached hydrogens (tertiary/aromatic N) is 8. The fourth-order valence-corrected chi connectivity index (χ4v) is 14.2. The van der Waals surface area contributed by atoms with Crippen molar-refractivity contribution in [1.29, 1.82) is 10.5 Å². The van der Waals surface area contributed by atoms with Crippen LogP contribution in [0.15, 0.2) is 213 Å². The monoisotopic (exact) mass is 1130 g/mol. The summed E-state index contributed by atoms with van der Waals surface area (Å²) in [5.74, 6) is 0. The maximum Gasteiger partial charge on any atom is 0.101 e. The number of benzene rings is 10. The van der Waals surface area contributed by atoms with Gasteiger partial charge >= 0.3 is 0 Å². The van der Waals surface area contributed by atoms with Crippen molar-refractivity contribution in [3.63, 3.8) is 0 Å². The first-order valence-corrected chi connectivity index (χ1v) is 30.0. The van der Waals surface area contributed by atoms with E-state index in [9.17, 15) is 10.5 Å². The number of hydrogen-bond acceptors (Lipinski definition) is 4. The third-order valence-electron chi connectivity index (χ3n) is 18.3. The highest BCUT2D eigenvalue weighted by atomic mass is 15.0. The van der Waals surface area contributed by atoms with Gasteiger partial charge in [0.05, 0.1) is 78.0 Å². The molecular formula is C80H58N8. The molecule has 16 rings (SSSR count). The normalized spacial score (nSPS) is 11.8. The maximum atomic E-state index is 11.4. The van der Waals surface area contributed by atoms with Gasteiger partial charge in [-0.1, -0.05) is 77.4 Å². The second-order valence-corrected chi connectivity index (χ2v) is 24.3. The fraction of sp³-hybridized carbons (Fsp3) is 0.100. The van der Waals surface area contributed by atoms with Crippen molar-refractivity contribution >= 4 is 87.2 Å². The summed E-state index contributed by atoms with van der Waals surface area (Å²) < 4.78 is 9.30. The molecule has 16 aromatic rings. The van der Waals surface area contributed by atoms with Gasteiger partial charge in [0, 0.05) is 79.0 Å². The second kappa shape index (κ2) is 19.9. The van der Waals surface area contributed by atoms with Gasteiger partial charge in [-0.25, -0.2) is 0 Å². The fourth-order valence-electron chi connectivity index (χ4n) is 14.2. The Morgan fingerprint density at radius 3 is 1.09 bits per heavy atom. The molecule has 0 atom stereocenters. The van der Waals surface area contributed by atoms with Gasteiger partial charge < -0.3 is 18.3 Å². The minimum Gasteiger partial charge on any atom is -0.309 e. The molecule has 0 aliphatic carbocycles. The number of aromatic nitrogens is 6. The molecule has 0 fully saturated rings. The van der Waals surface area contributed by atoms with E-state index in [1.807, 2.05) is 24.8 Å². The largest absolute Gasteiger partial charge is 0.309 e. The number of fused-ring (bicyclic) bond motifs is 12.